The second kappa shape index (κ2) is 5.41. The fourth-order valence-corrected chi connectivity index (χ4v) is 2.24. The lowest BCUT2D eigenvalue weighted by atomic mass is 10.1. The number of rotatable bonds is 3. The number of alkyl halides is 1. The number of benzene rings is 1. The molecule has 0 saturated heterocycles. The van der Waals surface area contributed by atoms with E-state index in [1.54, 1.807) is 12.1 Å². The van der Waals surface area contributed by atoms with Crippen LogP contribution >= 0.6 is 15.9 Å². The maximum absolute atomic E-state index is 13.1. The zero-order valence-corrected chi connectivity index (χ0v) is 11.1. The Morgan fingerprint density at radius 1 is 1.29 bits per heavy atom. The average molecular weight is 294 g/mol. The molecule has 1 aromatic heterocycles. The van der Waals surface area contributed by atoms with Gasteiger partial charge in [-0.25, -0.2) is 4.39 Å². The Kier molecular flexibility index (Phi) is 3.89. The molecule has 0 aliphatic heterocycles. The van der Waals surface area contributed by atoms with E-state index < -0.39 is 0 Å². The molecule has 0 spiro atoms. The van der Waals surface area contributed by atoms with E-state index in [4.69, 9.17) is 0 Å². The maximum Gasteiger partial charge on any atom is 0.123 e. The van der Waals surface area contributed by atoms with Crippen molar-refractivity contribution in [2.24, 2.45) is 0 Å². The predicted octanol–water partition coefficient (Wildman–Crippen LogP) is 4.21. The van der Waals surface area contributed by atoms with Crippen LogP contribution < -0.4 is 0 Å². The number of aromatic nitrogens is 1. The molecule has 1 atom stereocenters. The summed E-state index contributed by atoms with van der Waals surface area (Å²) < 4.78 is 13.1. The average Bonchev–Trinajstić information content (AvgIpc) is 2.32. The minimum atomic E-state index is -0.205. The van der Waals surface area contributed by atoms with Gasteiger partial charge < -0.3 is 0 Å². The number of pyridine rings is 1. The molecule has 0 N–H and O–H groups in total. The minimum Gasteiger partial charge on any atom is -0.261 e. The molecule has 0 saturated carbocycles. The van der Waals surface area contributed by atoms with E-state index in [2.05, 4.69) is 20.9 Å². The van der Waals surface area contributed by atoms with E-state index in [9.17, 15) is 4.39 Å². The molecule has 0 radical (unpaired) electrons. The van der Waals surface area contributed by atoms with Gasteiger partial charge in [0.25, 0.3) is 0 Å². The SMILES string of the molecule is Cc1ccc(CC(Br)c2cccc(F)c2)nc1. The van der Waals surface area contributed by atoms with Gasteiger partial charge in [0, 0.05) is 23.1 Å². The first-order valence-corrected chi connectivity index (χ1v) is 6.38. The summed E-state index contributed by atoms with van der Waals surface area (Å²) in [6.07, 6.45) is 2.60. The van der Waals surface area contributed by atoms with Crippen LogP contribution in [0.3, 0.4) is 0 Å². The molecule has 1 aromatic carbocycles. The highest BCUT2D eigenvalue weighted by atomic mass is 79.9. The van der Waals surface area contributed by atoms with Gasteiger partial charge in [-0.15, -0.1) is 0 Å². The third kappa shape index (κ3) is 3.37. The molecule has 2 rings (SSSR count). The van der Waals surface area contributed by atoms with E-state index in [1.807, 2.05) is 31.3 Å². The van der Waals surface area contributed by atoms with Gasteiger partial charge >= 0.3 is 0 Å². The Morgan fingerprint density at radius 2 is 2.12 bits per heavy atom. The van der Waals surface area contributed by atoms with Gasteiger partial charge in [0.2, 0.25) is 0 Å². The highest BCUT2D eigenvalue weighted by molar-refractivity contribution is 9.09. The molecule has 2 aromatic rings. The normalized spacial score (nSPS) is 12.4. The van der Waals surface area contributed by atoms with Gasteiger partial charge in [-0.2, -0.15) is 0 Å². The third-order valence-electron chi connectivity index (χ3n) is 2.57. The molecule has 1 nitrogen and oxygen atoms in total. The fraction of sp³-hybridized carbons (Fsp3) is 0.214. The van der Waals surface area contributed by atoms with Gasteiger partial charge in [-0.3, -0.25) is 4.98 Å². The lowest BCUT2D eigenvalue weighted by Crippen LogP contribution is -1.98. The Hall–Kier alpha value is -1.22. The van der Waals surface area contributed by atoms with E-state index >= 15 is 0 Å². The Labute approximate surface area is 109 Å². The van der Waals surface area contributed by atoms with Crippen LogP contribution in [0, 0.1) is 12.7 Å². The highest BCUT2D eigenvalue weighted by Crippen LogP contribution is 2.26. The van der Waals surface area contributed by atoms with E-state index in [0.717, 1.165) is 23.2 Å². The van der Waals surface area contributed by atoms with E-state index in [0.29, 0.717) is 0 Å². The first-order chi connectivity index (χ1) is 8.15. The molecule has 3 heteroatoms. The Balaban J connectivity index is 2.11. The summed E-state index contributed by atoms with van der Waals surface area (Å²) in [7, 11) is 0. The second-order valence-electron chi connectivity index (χ2n) is 4.05. The molecule has 0 amide bonds. The van der Waals surface area contributed by atoms with Crippen LogP contribution in [0.5, 0.6) is 0 Å². The van der Waals surface area contributed by atoms with Crippen LogP contribution in [0.25, 0.3) is 0 Å². The number of hydrogen-bond donors (Lipinski definition) is 0. The first kappa shape index (κ1) is 12.2. The molecular formula is C14H13BrFN. The number of hydrogen-bond acceptors (Lipinski definition) is 1. The quantitative estimate of drug-likeness (QED) is 0.773. The Morgan fingerprint density at radius 3 is 2.76 bits per heavy atom. The van der Waals surface area contributed by atoms with Crippen molar-refractivity contribution in [2.75, 3.05) is 0 Å². The van der Waals surface area contributed by atoms with Crippen LogP contribution in [0.2, 0.25) is 0 Å². The smallest absolute Gasteiger partial charge is 0.123 e. The van der Waals surface area contributed by atoms with Gasteiger partial charge in [0.1, 0.15) is 5.82 Å². The molecular weight excluding hydrogens is 281 g/mol. The van der Waals surface area contributed by atoms with Crippen molar-refractivity contribution in [1.82, 2.24) is 4.98 Å². The van der Waals surface area contributed by atoms with Crippen LogP contribution in [0.4, 0.5) is 4.39 Å². The molecule has 0 fully saturated rings. The van der Waals surface area contributed by atoms with Gasteiger partial charge in [-0.1, -0.05) is 34.1 Å². The summed E-state index contributed by atoms with van der Waals surface area (Å²) in [5, 5.41) is 0. The molecule has 0 aliphatic carbocycles. The fourth-order valence-electron chi connectivity index (χ4n) is 1.62. The molecule has 1 heterocycles. The van der Waals surface area contributed by atoms with Crippen molar-refractivity contribution in [2.45, 2.75) is 18.2 Å². The van der Waals surface area contributed by atoms with Gasteiger partial charge in [-0.05, 0) is 36.2 Å². The summed E-state index contributed by atoms with van der Waals surface area (Å²) in [5.74, 6) is -0.205. The number of halogens is 2. The van der Waals surface area contributed by atoms with Crippen molar-refractivity contribution in [3.05, 3.63) is 65.2 Å². The van der Waals surface area contributed by atoms with E-state index in [1.165, 1.54) is 6.07 Å². The van der Waals surface area contributed by atoms with Crippen LogP contribution in [0.15, 0.2) is 42.6 Å². The number of aryl methyl sites for hydroxylation is 1. The molecule has 0 aliphatic rings. The molecule has 0 bridgehead atoms. The van der Waals surface area contributed by atoms with Crippen molar-refractivity contribution < 1.29 is 4.39 Å². The maximum atomic E-state index is 13.1. The molecule has 1 unspecified atom stereocenters. The van der Waals surface area contributed by atoms with Crippen molar-refractivity contribution in [3.8, 4) is 0 Å². The number of nitrogens with zero attached hydrogens (tertiary/aromatic N) is 1. The lowest BCUT2D eigenvalue weighted by Gasteiger charge is -2.09. The second-order valence-corrected chi connectivity index (χ2v) is 5.16. The lowest BCUT2D eigenvalue weighted by molar-refractivity contribution is 0.625. The van der Waals surface area contributed by atoms with Gasteiger partial charge in [0.05, 0.1) is 0 Å². The van der Waals surface area contributed by atoms with Crippen molar-refractivity contribution in [3.63, 3.8) is 0 Å². The third-order valence-corrected chi connectivity index (χ3v) is 3.42. The van der Waals surface area contributed by atoms with Gasteiger partial charge in [0.15, 0.2) is 0 Å². The van der Waals surface area contributed by atoms with E-state index in [-0.39, 0.29) is 10.6 Å². The Bertz CT molecular complexity index is 496. The monoisotopic (exact) mass is 293 g/mol. The van der Waals surface area contributed by atoms with Crippen LogP contribution in [0.1, 0.15) is 21.6 Å². The van der Waals surface area contributed by atoms with Crippen LogP contribution in [-0.4, -0.2) is 4.98 Å². The summed E-state index contributed by atoms with van der Waals surface area (Å²) in [6.45, 7) is 2.01. The predicted molar refractivity (Wildman–Crippen MR) is 70.7 cm³/mol. The topological polar surface area (TPSA) is 12.9 Å². The first-order valence-electron chi connectivity index (χ1n) is 5.46. The summed E-state index contributed by atoms with van der Waals surface area (Å²) in [4.78, 5) is 4.43. The van der Waals surface area contributed by atoms with Crippen molar-refractivity contribution in [1.29, 1.82) is 0 Å². The minimum absolute atomic E-state index is 0.0911. The van der Waals surface area contributed by atoms with Crippen LogP contribution in [-0.2, 0) is 6.42 Å². The summed E-state index contributed by atoms with van der Waals surface area (Å²) in [6, 6.07) is 10.7. The molecule has 88 valence electrons. The zero-order chi connectivity index (χ0) is 12.3. The summed E-state index contributed by atoms with van der Waals surface area (Å²) >= 11 is 3.57. The highest BCUT2D eigenvalue weighted by Gasteiger charge is 2.09. The van der Waals surface area contributed by atoms with Crippen molar-refractivity contribution >= 4 is 15.9 Å². The largest absolute Gasteiger partial charge is 0.261 e. The zero-order valence-electron chi connectivity index (χ0n) is 9.53. The standard InChI is InChI=1S/C14H13BrFN/c1-10-5-6-13(17-9-10)8-14(15)11-3-2-4-12(16)7-11/h2-7,9,14H,8H2,1H3. The molecule has 17 heavy (non-hydrogen) atoms. The summed E-state index contributed by atoms with van der Waals surface area (Å²) in [5.41, 5.74) is 3.08.